The fourth-order valence-corrected chi connectivity index (χ4v) is 1.31. The summed E-state index contributed by atoms with van der Waals surface area (Å²) >= 11 is 0. The topological polar surface area (TPSA) is 12.0 Å². The Hall–Kier alpha value is -0.460. The Kier molecular flexibility index (Phi) is 5.12. The fourth-order valence-electron chi connectivity index (χ4n) is 1.31. The Balaban J connectivity index is 4.03. The van der Waals surface area contributed by atoms with Crippen LogP contribution in [0.4, 0.5) is 0 Å². The van der Waals surface area contributed by atoms with Gasteiger partial charge in [-0.1, -0.05) is 40.2 Å². The normalized spacial score (nSPS) is 11.8. The first-order valence-corrected chi connectivity index (χ1v) is 5.36. The van der Waals surface area contributed by atoms with Crippen molar-refractivity contribution in [2.45, 2.75) is 59.9 Å². The molecule has 1 N–H and O–H groups in total. The van der Waals surface area contributed by atoms with Crippen LogP contribution < -0.4 is 5.32 Å². The van der Waals surface area contributed by atoms with Crippen LogP contribution in [0.25, 0.3) is 0 Å². The van der Waals surface area contributed by atoms with Gasteiger partial charge in [-0.15, -0.1) is 0 Å². The summed E-state index contributed by atoms with van der Waals surface area (Å²) in [6.07, 6.45) is 3.77. The molecule has 0 aromatic carbocycles. The zero-order valence-electron chi connectivity index (χ0n) is 9.91. The second-order valence-electron chi connectivity index (χ2n) is 4.77. The maximum absolute atomic E-state index is 4.11. The van der Waals surface area contributed by atoms with E-state index in [2.05, 4.69) is 46.5 Å². The highest BCUT2D eigenvalue weighted by Crippen LogP contribution is 2.29. The summed E-state index contributed by atoms with van der Waals surface area (Å²) in [5.41, 5.74) is 1.41. The lowest BCUT2D eigenvalue weighted by Crippen LogP contribution is -2.30. The van der Waals surface area contributed by atoms with E-state index in [1.54, 1.807) is 0 Å². The maximum atomic E-state index is 4.11. The molecule has 0 spiro atoms. The van der Waals surface area contributed by atoms with E-state index in [0.29, 0.717) is 6.04 Å². The molecule has 1 nitrogen and oxygen atoms in total. The second kappa shape index (κ2) is 5.31. The number of allylic oxidation sites excluding steroid dienone is 1. The lowest BCUT2D eigenvalue weighted by Gasteiger charge is -2.29. The first-order chi connectivity index (χ1) is 5.90. The number of rotatable bonds is 6. The summed E-state index contributed by atoms with van der Waals surface area (Å²) in [5, 5.41) is 3.40. The van der Waals surface area contributed by atoms with E-state index in [1.165, 1.54) is 25.0 Å². The molecule has 0 bridgehead atoms. The Morgan fingerprint density at radius 2 is 1.92 bits per heavy atom. The predicted octanol–water partition coefficient (Wildman–Crippen LogP) is 3.71. The average Bonchev–Trinajstić information content (AvgIpc) is 1.99. The lowest BCUT2D eigenvalue weighted by molar-refractivity contribution is 0.359. The van der Waals surface area contributed by atoms with Gasteiger partial charge in [-0.05, 0) is 20.3 Å². The molecule has 0 aromatic heterocycles. The highest BCUT2D eigenvalue weighted by atomic mass is 14.9. The number of nitrogens with one attached hydrogen (secondary N) is 1. The molecule has 0 saturated carbocycles. The maximum Gasteiger partial charge on any atom is 0.0201 e. The van der Waals surface area contributed by atoms with Crippen molar-refractivity contribution in [2.24, 2.45) is 5.41 Å². The Bertz CT molecular complexity index is 157. The highest BCUT2D eigenvalue weighted by molar-refractivity contribution is 5.05. The van der Waals surface area contributed by atoms with E-state index in [4.69, 9.17) is 0 Å². The molecule has 13 heavy (non-hydrogen) atoms. The first-order valence-electron chi connectivity index (χ1n) is 5.36. The van der Waals surface area contributed by atoms with Crippen molar-refractivity contribution in [1.29, 1.82) is 0 Å². The highest BCUT2D eigenvalue weighted by Gasteiger charge is 2.21. The second-order valence-corrected chi connectivity index (χ2v) is 4.77. The van der Waals surface area contributed by atoms with Gasteiger partial charge in [0.05, 0.1) is 0 Å². The summed E-state index contributed by atoms with van der Waals surface area (Å²) in [4.78, 5) is 0. The van der Waals surface area contributed by atoms with Gasteiger partial charge in [-0.3, -0.25) is 0 Å². The Labute approximate surface area is 83.6 Å². The molecule has 0 aliphatic rings. The quantitative estimate of drug-likeness (QED) is 0.662. The molecule has 0 atom stereocenters. The predicted molar refractivity (Wildman–Crippen MR) is 60.7 cm³/mol. The van der Waals surface area contributed by atoms with E-state index >= 15 is 0 Å². The molecule has 0 radical (unpaired) electrons. The van der Waals surface area contributed by atoms with E-state index in [9.17, 15) is 0 Å². The Morgan fingerprint density at radius 3 is 2.31 bits per heavy atom. The van der Waals surface area contributed by atoms with Gasteiger partial charge in [0.15, 0.2) is 0 Å². The first kappa shape index (κ1) is 12.5. The van der Waals surface area contributed by atoms with Crippen LogP contribution in [-0.4, -0.2) is 6.04 Å². The van der Waals surface area contributed by atoms with Gasteiger partial charge in [0, 0.05) is 17.2 Å². The number of hydrogen-bond donors (Lipinski definition) is 1. The molecule has 0 heterocycles. The van der Waals surface area contributed by atoms with Crippen LogP contribution in [0.1, 0.15) is 53.9 Å². The standard InChI is InChI=1S/C12H25N/c1-7-8-9-12(5,6)11(4)13-10(2)3/h10,13H,4,7-9H2,1-3,5-6H3. The fraction of sp³-hybridized carbons (Fsp3) is 0.833. The van der Waals surface area contributed by atoms with Crippen molar-refractivity contribution >= 4 is 0 Å². The number of unbranched alkanes of at least 4 members (excludes halogenated alkanes) is 1. The molecule has 0 aromatic rings. The van der Waals surface area contributed by atoms with Crippen LogP contribution in [0.3, 0.4) is 0 Å². The van der Waals surface area contributed by atoms with Crippen LogP contribution >= 0.6 is 0 Å². The van der Waals surface area contributed by atoms with Crippen molar-refractivity contribution in [3.63, 3.8) is 0 Å². The molecule has 0 aliphatic carbocycles. The van der Waals surface area contributed by atoms with E-state index in [0.717, 1.165) is 0 Å². The van der Waals surface area contributed by atoms with Crippen molar-refractivity contribution in [1.82, 2.24) is 5.32 Å². The molecule has 0 rings (SSSR count). The third kappa shape index (κ3) is 4.97. The lowest BCUT2D eigenvalue weighted by atomic mass is 9.84. The molecule has 0 unspecified atom stereocenters. The summed E-state index contributed by atoms with van der Waals surface area (Å²) in [5.74, 6) is 0. The summed E-state index contributed by atoms with van der Waals surface area (Å²) in [7, 11) is 0. The van der Waals surface area contributed by atoms with Crippen LogP contribution in [0, 0.1) is 5.41 Å². The minimum absolute atomic E-state index is 0.236. The smallest absolute Gasteiger partial charge is 0.0201 e. The number of hydrogen-bond acceptors (Lipinski definition) is 1. The van der Waals surface area contributed by atoms with E-state index in [-0.39, 0.29) is 5.41 Å². The average molecular weight is 183 g/mol. The third-order valence-electron chi connectivity index (χ3n) is 2.44. The molecule has 0 amide bonds. The largest absolute Gasteiger partial charge is 0.386 e. The summed E-state index contributed by atoms with van der Waals surface area (Å²) in [6, 6.07) is 0.494. The zero-order chi connectivity index (χ0) is 10.5. The zero-order valence-corrected chi connectivity index (χ0v) is 9.91. The van der Waals surface area contributed by atoms with Crippen LogP contribution in [-0.2, 0) is 0 Å². The van der Waals surface area contributed by atoms with E-state index < -0.39 is 0 Å². The van der Waals surface area contributed by atoms with Crippen molar-refractivity contribution in [2.75, 3.05) is 0 Å². The molecule has 0 fully saturated rings. The minimum Gasteiger partial charge on any atom is -0.386 e. The third-order valence-corrected chi connectivity index (χ3v) is 2.44. The van der Waals surface area contributed by atoms with Gasteiger partial charge in [-0.25, -0.2) is 0 Å². The van der Waals surface area contributed by atoms with Gasteiger partial charge in [0.2, 0.25) is 0 Å². The molecule has 78 valence electrons. The Morgan fingerprint density at radius 1 is 1.38 bits per heavy atom. The van der Waals surface area contributed by atoms with Gasteiger partial charge in [-0.2, -0.15) is 0 Å². The van der Waals surface area contributed by atoms with Gasteiger partial charge in [0.25, 0.3) is 0 Å². The molecule has 0 saturated heterocycles. The summed E-state index contributed by atoms with van der Waals surface area (Å²) in [6.45, 7) is 15.2. The van der Waals surface area contributed by atoms with Crippen LogP contribution in [0.2, 0.25) is 0 Å². The molecular formula is C12H25N. The monoisotopic (exact) mass is 183 g/mol. The van der Waals surface area contributed by atoms with Crippen molar-refractivity contribution < 1.29 is 0 Å². The van der Waals surface area contributed by atoms with Crippen LogP contribution in [0.15, 0.2) is 12.3 Å². The van der Waals surface area contributed by atoms with Gasteiger partial charge < -0.3 is 5.32 Å². The molecular weight excluding hydrogens is 158 g/mol. The SMILES string of the molecule is C=C(NC(C)C)C(C)(C)CCCC. The molecule has 1 heteroatoms. The van der Waals surface area contributed by atoms with Crippen LogP contribution in [0.5, 0.6) is 0 Å². The van der Waals surface area contributed by atoms with Gasteiger partial charge in [0.1, 0.15) is 0 Å². The van der Waals surface area contributed by atoms with Crippen molar-refractivity contribution in [3.05, 3.63) is 12.3 Å². The van der Waals surface area contributed by atoms with E-state index in [1.807, 2.05) is 0 Å². The summed E-state index contributed by atoms with van der Waals surface area (Å²) < 4.78 is 0. The van der Waals surface area contributed by atoms with Crippen molar-refractivity contribution in [3.8, 4) is 0 Å². The molecule has 0 aliphatic heterocycles. The van der Waals surface area contributed by atoms with Gasteiger partial charge >= 0.3 is 0 Å². The minimum atomic E-state index is 0.236.